The van der Waals surface area contributed by atoms with Crippen LogP contribution in [-0.2, 0) is 12.8 Å². The van der Waals surface area contributed by atoms with Gasteiger partial charge in [-0.3, -0.25) is 4.39 Å². The van der Waals surface area contributed by atoms with Crippen LogP contribution in [0.1, 0.15) is 38.8 Å². The molecule has 0 saturated carbocycles. The lowest BCUT2D eigenvalue weighted by Gasteiger charge is -2.12. The minimum atomic E-state index is -0.263. The van der Waals surface area contributed by atoms with E-state index in [1.807, 2.05) is 6.07 Å². The predicted octanol–water partition coefficient (Wildman–Crippen LogP) is 3.34. The van der Waals surface area contributed by atoms with Crippen molar-refractivity contribution in [2.45, 2.75) is 39.0 Å². The Morgan fingerprint density at radius 3 is 2.72 bits per heavy atom. The molecule has 18 heavy (non-hydrogen) atoms. The monoisotopic (exact) mass is 256 g/mol. The zero-order chi connectivity index (χ0) is 14.1. The van der Waals surface area contributed by atoms with Crippen molar-refractivity contribution >= 4 is 0 Å². The molecule has 0 aliphatic rings. The molecule has 1 aromatic rings. The summed E-state index contributed by atoms with van der Waals surface area (Å²) in [4.78, 5) is 4.41. The van der Waals surface area contributed by atoms with Gasteiger partial charge in [-0.2, -0.15) is 0 Å². The maximum atomic E-state index is 12.0. The molecule has 0 aromatic carbocycles. The topological polar surface area (TPSA) is 31.4 Å². The van der Waals surface area contributed by atoms with Crippen LogP contribution in [-0.4, -0.2) is 25.9 Å². The van der Waals surface area contributed by atoms with Crippen molar-refractivity contribution in [3.63, 3.8) is 0 Å². The molecule has 1 rings (SSSR count). The first-order chi connectivity index (χ1) is 9.26. The molecule has 0 N–H and O–H groups in total. The van der Waals surface area contributed by atoms with Crippen molar-refractivity contribution in [3.8, 4) is 11.6 Å². The number of hydrogen-bond acceptors (Lipinski definition) is 3. The Balaban J connectivity index is 2.83. The van der Waals surface area contributed by atoms with Crippen LogP contribution in [0.2, 0.25) is 0 Å². The summed E-state index contributed by atoms with van der Waals surface area (Å²) in [5.74, 6) is 1.29. The van der Waals surface area contributed by atoms with Crippen molar-refractivity contribution in [3.05, 3.63) is 17.3 Å². The summed E-state index contributed by atoms with van der Waals surface area (Å²) in [6.07, 6.45) is 3.71. The molecule has 0 bridgehead atoms. The zero-order valence-corrected chi connectivity index (χ0v) is 11.2. The molecule has 0 spiro atoms. The normalized spacial score (nSPS) is 11.2. The maximum Gasteiger partial charge on any atom is 0.216 e. The van der Waals surface area contributed by atoms with Gasteiger partial charge in [-0.05, 0) is 31.7 Å². The number of nitrogens with zero attached hydrogens (tertiary/aromatic N) is 1. The summed E-state index contributed by atoms with van der Waals surface area (Å²) in [5.41, 5.74) is 1.73. The van der Waals surface area contributed by atoms with Gasteiger partial charge in [-0.1, -0.05) is 13.3 Å². The number of hydrogen-bond donors (Lipinski definition) is 0. The number of halogens is 1. The molecular weight excluding hydrogens is 233 g/mol. The van der Waals surface area contributed by atoms with Gasteiger partial charge in [0.25, 0.3) is 0 Å². The van der Waals surface area contributed by atoms with Crippen LogP contribution in [0.5, 0.6) is 11.6 Å². The van der Waals surface area contributed by atoms with Gasteiger partial charge in [0.15, 0.2) is 0 Å². The molecule has 1 heterocycles. The average Bonchev–Trinajstić information content (AvgIpc) is 2.44. The summed E-state index contributed by atoms with van der Waals surface area (Å²) in [6, 6.07) is 1.92. The molecule has 0 atom stereocenters. The van der Waals surface area contributed by atoms with Gasteiger partial charge < -0.3 is 9.47 Å². The highest BCUT2D eigenvalue weighted by molar-refractivity contribution is 5.39. The van der Waals surface area contributed by atoms with Gasteiger partial charge >= 0.3 is 0 Å². The van der Waals surface area contributed by atoms with E-state index in [4.69, 9.17) is 10.8 Å². The first-order valence-corrected chi connectivity index (χ1v) is 6.22. The minimum Gasteiger partial charge on any atom is -0.495 e. The van der Waals surface area contributed by atoms with Crippen LogP contribution in [0.15, 0.2) is 6.07 Å². The Hall–Kier alpha value is -1.32. The molecule has 0 radical (unpaired) electrons. The van der Waals surface area contributed by atoms with E-state index in [-0.39, 0.29) is 13.6 Å². The molecule has 0 amide bonds. The summed E-state index contributed by atoms with van der Waals surface area (Å²) >= 11 is 0. The minimum absolute atomic E-state index is 0.263. The number of aryl methyl sites for hydroxylation is 2. The van der Waals surface area contributed by atoms with E-state index in [1.165, 1.54) is 0 Å². The van der Waals surface area contributed by atoms with E-state index >= 15 is 0 Å². The largest absolute Gasteiger partial charge is 0.495 e. The fourth-order valence-electron chi connectivity index (χ4n) is 1.85. The predicted molar refractivity (Wildman–Crippen MR) is 70.2 cm³/mol. The van der Waals surface area contributed by atoms with Crippen LogP contribution in [0.25, 0.3) is 0 Å². The second-order valence-corrected chi connectivity index (χ2v) is 4.06. The fraction of sp³-hybridized carbons (Fsp3) is 0.643. The Morgan fingerprint density at radius 1 is 1.28 bits per heavy atom. The van der Waals surface area contributed by atoms with Crippen LogP contribution in [0, 0.1) is 0 Å². The smallest absolute Gasteiger partial charge is 0.216 e. The Bertz CT molecular complexity index is 388. The van der Waals surface area contributed by atoms with Gasteiger partial charge in [0, 0.05) is 6.93 Å². The standard InChI is InChI=1S/C14H22FNO2/c1-4-12-13(17-2)10-11(14(16-12)18-3)8-6-5-7-9-15/h10H,4-9H2,1-3H3/i1D. The highest BCUT2D eigenvalue weighted by atomic mass is 19.1. The van der Waals surface area contributed by atoms with E-state index in [0.29, 0.717) is 24.5 Å². The van der Waals surface area contributed by atoms with Crippen molar-refractivity contribution < 1.29 is 15.2 Å². The number of rotatable bonds is 8. The first-order valence-electron chi connectivity index (χ1n) is 6.93. The number of pyridine rings is 1. The molecule has 0 aliphatic carbocycles. The second kappa shape index (κ2) is 7.90. The van der Waals surface area contributed by atoms with Crippen LogP contribution < -0.4 is 9.47 Å². The molecule has 0 fully saturated rings. The van der Waals surface area contributed by atoms with Gasteiger partial charge in [-0.15, -0.1) is 0 Å². The van der Waals surface area contributed by atoms with Crippen molar-refractivity contribution in [2.75, 3.05) is 20.9 Å². The van der Waals surface area contributed by atoms with E-state index in [0.717, 1.165) is 30.5 Å². The molecule has 3 nitrogen and oxygen atoms in total. The van der Waals surface area contributed by atoms with Crippen molar-refractivity contribution in [1.29, 1.82) is 0 Å². The quantitative estimate of drug-likeness (QED) is 0.668. The molecule has 0 saturated heterocycles. The fourth-order valence-corrected chi connectivity index (χ4v) is 1.85. The molecular formula is C14H22FNO2. The van der Waals surface area contributed by atoms with Gasteiger partial charge in [0.2, 0.25) is 5.88 Å². The number of aromatic nitrogens is 1. The molecule has 1 aromatic heterocycles. The number of ether oxygens (including phenoxy) is 2. The summed E-state index contributed by atoms with van der Waals surface area (Å²) in [5, 5.41) is 0. The van der Waals surface area contributed by atoms with E-state index in [2.05, 4.69) is 4.98 Å². The molecule has 0 aliphatic heterocycles. The van der Waals surface area contributed by atoms with Gasteiger partial charge in [-0.25, -0.2) is 4.98 Å². The highest BCUT2D eigenvalue weighted by Gasteiger charge is 2.11. The first kappa shape index (κ1) is 13.1. The summed E-state index contributed by atoms with van der Waals surface area (Å²) in [7, 11) is 3.19. The lowest BCUT2D eigenvalue weighted by Crippen LogP contribution is -2.02. The molecule has 4 heteroatoms. The Kier molecular flexibility index (Phi) is 5.76. The van der Waals surface area contributed by atoms with Crippen LogP contribution in [0.4, 0.5) is 4.39 Å². The van der Waals surface area contributed by atoms with E-state index in [9.17, 15) is 4.39 Å². The Labute approximate surface area is 110 Å². The maximum absolute atomic E-state index is 12.0. The second-order valence-electron chi connectivity index (χ2n) is 4.06. The van der Waals surface area contributed by atoms with Crippen molar-refractivity contribution in [1.82, 2.24) is 4.98 Å². The lowest BCUT2D eigenvalue weighted by atomic mass is 10.1. The van der Waals surface area contributed by atoms with E-state index < -0.39 is 0 Å². The molecule has 0 unspecified atom stereocenters. The third-order valence-electron chi connectivity index (χ3n) is 2.83. The van der Waals surface area contributed by atoms with Crippen LogP contribution in [0.3, 0.4) is 0 Å². The summed E-state index contributed by atoms with van der Waals surface area (Å²) < 4.78 is 29.9. The number of unbranched alkanes of at least 4 members (excludes halogenated alkanes) is 2. The molecule has 102 valence electrons. The SMILES string of the molecule is [2H]CCc1nc(OC)c(CCCCCF)cc1OC. The van der Waals surface area contributed by atoms with Gasteiger partial charge in [0.1, 0.15) is 5.75 Å². The van der Waals surface area contributed by atoms with E-state index in [1.54, 1.807) is 14.2 Å². The van der Waals surface area contributed by atoms with Crippen molar-refractivity contribution in [2.24, 2.45) is 0 Å². The number of alkyl halides is 1. The Morgan fingerprint density at radius 2 is 2.11 bits per heavy atom. The summed E-state index contributed by atoms with van der Waals surface area (Å²) in [6.45, 7) is 0.00348. The third kappa shape index (κ3) is 3.86. The average molecular weight is 256 g/mol. The highest BCUT2D eigenvalue weighted by Crippen LogP contribution is 2.27. The third-order valence-corrected chi connectivity index (χ3v) is 2.83. The number of methoxy groups -OCH3 is 2. The zero-order valence-electron chi connectivity index (χ0n) is 12.2. The van der Waals surface area contributed by atoms with Gasteiger partial charge in [0.05, 0.1) is 26.6 Å². The lowest BCUT2D eigenvalue weighted by molar-refractivity contribution is 0.376. The van der Waals surface area contributed by atoms with Crippen LogP contribution >= 0.6 is 0 Å².